The lowest BCUT2D eigenvalue weighted by Crippen LogP contribution is -2.34. The lowest BCUT2D eigenvalue weighted by Gasteiger charge is -2.00. The van der Waals surface area contributed by atoms with Gasteiger partial charge in [-0.25, -0.2) is 4.57 Å². The van der Waals surface area contributed by atoms with Crippen molar-refractivity contribution in [2.45, 2.75) is 6.73 Å². The van der Waals surface area contributed by atoms with E-state index in [1.807, 2.05) is 0 Å². The number of nitrogens with two attached hydrogens (primary N) is 1. The van der Waals surface area contributed by atoms with Crippen LogP contribution in [0.5, 0.6) is 5.88 Å². The fraction of sp³-hybridized carbons (Fsp3) is 0.444. The van der Waals surface area contributed by atoms with Gasteiger partial charge in [0.1, 0.15) is 0 Å². The van der Waals surface area contributed by atoms with Gasteiger partial charge in [0.2, 0.25) is 5.52 Å². The summed E-state index contributed by atoms with van der Waals surface area (Å²) in [6, 6.07) is 0. The second kappa shape index (κ2) is 4.93. The number of aliphatic hydroxyl groups is 1. The molecule has 0 aliphatic heterocycles. The smallest absolute Gasteiger partial charge is 0.313 e. The Hall–Kier alpha value is -1.93. The van der Waals surface area contributed by atoms with Crippen molar-refractivity contribution in [1.29, 1.82) is 0 Å². The molecule has 2 heterocycles. The van der Waals surface area contributed by atoms with Crippen LogP contribution in [0.4, 0.5) is 5.95 Å². The number of fused-ring (bicyclic) bond motifs is 1. The van der Waals surface area contributed by atoms with E-state index in [0.717, 1.165) is 0 Å². The van der Waals surface area contributed by atoms with Crippen LogP contribution in [-0.4, -0.2) is 40.4 Å². The lowest BCUT2D eigenvalue weighted by molar-refractivity contribution is -0.710. The molecule has 0 aliphatic carbocycles. The highest BCUT2D eigenvalue weighted by molar-refractivity contribution is 5.73. The molecule has 17 heavy (non-hydrogen) atoms. The first kappa shape index (κ1) is 11.6. The molecule has 0 aliphatic rings. The number of hydrogen-bond donors (Lipinski definition) is 3. The molecule has 0 aromatic carbocycles. The Balaban J connectivity index is 2.35. The molecular weight excluding hydrogens is 226 g/mol. The van der Waals surface area contributed by atoms with Gasteiger partial charge in [-0.2, -0.15) is 4.98 Å². The lowest BCUT2D eigenvalue weighted by atomic mass is 10.5. The van der Waals surface area contributed by atoms with Gasteiger partial charge in [0.05, 0.1) is 20.3 Å². The van der Waals surface area contributed by atoms with Crippen LogP contribution in [0.1, 0.15) is 0 Å². The number of imidazole rings is 1. The number of aliphatic hydroxyl groups excluding tert-OH is 1. The summed E-state index contributed by atoms with van der Waals surface area (Å²) < 4.78 is 12.0. The number of aromatic nitrogens is 4. The highest BCUT2D eigenvalue weighted by Gasteiger charge is 2.18. The molecule has 2 aromatic heterocycles. The SMILES string of the molecule is COc1nc(N)nc2c1[nH]c[n+]2COCCO. The summed E-state index contributed by atoms with van der Waals surface area (Å²) in [6.45, 7) is 0.501. The number of anilines is 1. The molecule has 0 radical (unpaired) electrons. The number of nitrogen functional groups attached to an aromatic ring is 1. The van der Waals surface area contributed by atoms with Gasteiger partial charge in [-0.1, -0.05) is 4.98 Å². The summed E-state index contributed by atoms with van der Waals surface area (Å²) in [7, 11) is 1.51. The molecule has 0 atom stereocenters. The highest BCUT2D eigenvalue weighted by atomic mass is 16.5. The number of aromatic amines is 1. The van der Waals surface area contributed by atoms with Gasteiger partial charge < -0.3 is 20.3 Å². The Bertz CT molecular complexity index is 513. The molecule has 0 fully saturated rings. The summed E-state index contributed by atoms with van der Waals surface area (Å²) in [5.74, 6) is 0.512. The number of hydrogen-bond acceptors (Lipinski definition) is 6. The van der Waals surface area contributed by atoms with Crippen molar-refractivity contribution in [2.75, 3.05) is 26.1 Å². The number of H-pyrrole nitrogens is 1. The van der Waals surface area contributed by atoms with Gasteiger partial charge in [0.25, 0.3) is 5.88 Å². The monoisotopic (exact) mass is 240 g/mol. The molecule has 0 unspecified atom stereocenters. The summed E-state index contributed by atoms with van der Waals surface area (Å²) in [5.41, 5.74) is 6.81. The fourth-order valence-corrected chi connectivity index (χ4v) is 1.46. The van der Waals surface area contributed by atoms with Crippen LogP contribution in [-0.2, 0) is 11.5 Å². The Labute approximate surface area is 97.0 Å². The molecule has 92 valence electrons. The van der Waals surface area contributed by atoms with Crippen LogP contribution in [0.2, 0.25) is 0 Å². The first-order valence-corrected chi connectivity index (χ1v) is 5.03. The molecule has 4 N–H and O–H groups in total. The van der Waals surface area contributed by atoms with Crippen LogP contribution in [0, 0.1) is 0 Å². The first-order chi connectivity index (χ1) is 8.26. The Morgan fingerprint density at radius 2 is 2.35 bits per heavy atom. The van der Waals surface area contributed by atoms with Gasteiger partial charge >= 0.3 is 11.6 Å². The number of methoxy groups -OCH3 is 1. The number of nitrogens with one attached hydrogen (secondary N) is 1. The van der Waals surface area contributed by atoms with E-state index in [0.29, 0.717) is 17.0 Å². The molecule has 2 rings (SSSR count). The zero-order valence-electron chi connectivity index (χ0n) is 9.38. The van der Waals surface area contributed by atoms with E-state index in [4.69, 9.17) is 20.3 Å². The van der Waals surface area contributed by atoms with E-state index in [9.17, 15) is 0 Å². The number of rotatable bonds is 5. The average molecular weight is 240 g/mol. The molecule has 0 spiro atoms. The topological polar surface area (TPSA) is 110 Å². The van der Waals surface area contributed by atoms with Crippen LogP contribution in [0.15, 0.2) is 6.33 Å². The van der Waals surface area contributed by atoms with Gasteiger partial charge in [-0.15, -0.1) is 0 Å². The third-order valence-electron chi connectivity index (χ3n) is 2.17. The quantitative estimate of drug-likeness (QED) is 0.447. The van der Waals surface area contributed by atoms with Crippen molar-refractivity contribution in [3.63, 3.8) is 0 Å². The van der Waals surface area contributed by atoms with Crippen molar-refractivity contribution in [3.05, 3.63) is 6.33 Å². The molecule has 2 aromatic rings. The van der Waals surface area contributed by atoms with Crippen molar-refractivity contribution >= 4 is 17.1 Å². The van der Waals surface area contributed by atoms with E-state index < -0.39 is 0 Å². The minimum absolute atomic E-state index is 0.0244. The molecule has 8 heteroatoms. The fourth-order valence-electron chi connectivity index (χ4n) is 1.46. The van der Waals surface area contributed by atoms with Crippen LogP contribution in [0.3, 0.4) is 0 Å². The van der Waals surface area contributed by atoms with Crippen molar-refractivity contribution in [1.82, 2.24) is 15.0 Å². The van der Waals surface area contributed by atoms with E-state index in [1.54, 1.807) is 10.9 Å². The molecule has 0 amide bonds. The summed E-state index contributed by atoms with van der Waals surface area (Å²) >= 11 is 0. The maximum atomic E-state index is 8.63. The molecule has 0 saturated heterocycles. The van der Waals surface area contributed by atoms with E-state index in [-0.39, 0.29) is 25.9 Å². The van der Waals surface area contributed by atoms with Gasteiger partial charge in [0.15, 0.2) is 13.1 Å². The minimum atomic E-state index is -0.0244. The number of ether oxygens (including phenoxy) is 2. The third-order valence-corrected chi connectivity index (χ3v) is 2.17. The van der Waals surface area contributed by atoms with Crippen molar-refractivity contribution in [3.8, 4) is 5.88 Å². The first-order valence-electron chi connectivity index (χ1n) is 5.03. The number of nitrogens with zero attached hydrogens (tertiary/aromatic N) is 3. The zero-order valence-corrected chi connectivity index (χ0v) is 9.38. The van der Waals surface area contributed by atoms with Gasteiger partial charge in [0, 0.05) is 0 Å². The van der Waals surface area contributed by atoms with E-state index >= 15 is 0 Å². The van der Waals surface area contributed by atoms with Crippen molar-refractivity contribution in [2.24, 2.45) is 0 Å². The normalized spacial score (nSPS) is 10.9. The predicted octanol–water partition coefficient (Wildman–Crippen LogP) is -1.20. The van der Waals surface area contributed by atoms with E-state index in [2.05, 4.69) is 15.0 Å². The van der Waals surface area contributed by atoms with Crippen LogP contribution >= 0.6 is 0 Å². The van der Waals surface area contributed by atoms with E-state index in [1.165, 1.54) is 7.11 Å². The maximum absolute atomic E-state index is 8.63. The largest absolute Gasteiger partial charge is 0.478 e. The van der Waals surface area contributed by atoms with Crippen LogP contribution < -0.4 is 15.0 Å². The summed E-state index contributed by atoms with van der Waals surface area (Å²) in [5, 5.41) is 8.63. The second-order valence-electron chi connectivity index (χ2n) is 3.29. The summed E-state index contributed by atoms with van der Waals surface area (Å²) in [4.78, 5) is 11.0. The Morgan fingerprint density at radius 1 is 1.53 bits per heavy atom. The van der Waals surface area contributed by atoms with Crippen molar-refractivity contribution < 1.29 is 19.1 Å². The highest BCUT2D eigenvalue weighted by Crippen LogP contribution is 2.17. The zero-order chi connectivity index (χ0) is 12.3. The predicted molar refractivity (Wildman–Crippen MR) is 58.1 cm³/mol. The maximum Gasteiger partial charge on any atom is 0.313 e. The van der Waals surface area contributed by atoms with Gasteiger partial charge in [-0.05, 0) is 0 Å². The molecular formula is C9H14N5O3+. The minimum Gasteiger partial charge on any atom is -0.478 e. The van der Waals surface area contributed by atoms with Gasteiger partial charge in [-0.3, -0.25) is 4.98 Å². The molecule has 0 saturated carbocycles. The third kappa shape index (κ3) is 2.27. The Kier molecular flexibility index (Phi) is 3.35. The van der Waals surface area contributed by atoms with Crippen LogP contribution in [0.25, 0.3) is 11.2 Å². The average Bonchev–Trinajstić information content (AvgIpc) is 2.72. The molecule has 8 nitrogen and oxygen atoms in total. The standard InChI is InChI=1S/C9H13N5O3/c1-16-8-6-7(12-9(10)13-8)14(4-11-6)5-17-3-2-15/h4,15H,2-3,5H2,1H3,(H2,10,12,13)/p+1. The second-order valence-corrected chi connectivity index (χ2v) is 3.29. The summed E-state index contributed by atoms with van der Waals surface area (Å²) in [6.07, 6.45) is 1.68. The molecule has 0 bridgehead atoms. The Morgan fingerprint density at radius 3 is 3.06 bits per heavy atom.